The summed E-state index contributed by atoms with van der Waals surface area (Å²) < 4.78 is 13.2. The normalized spacial score (nSPS) is 10.6. The first kappa shape index (κ1) is 11.5. The van der Waals surface area contributed by atoms with E-state index in [1.165, 1.54) is 6.07 Å². The van der Waals surface area contributed by atoms with Gasteiger partial charge in [0.2, 0.25) is 0 Å². The lowest BCUT2D eigenvalue weighted by molar-refractivity contribution is 0.618. The van der Waals surface area contributed by atoms with Crippen molar-refractivity contribution < 1.29 is 4.39 Å². The monoisotopic (exact) mass is 232 g/mol. The molecule has 0 atom stereocenters. The quantitative estimate of drug-likeness (QED) is 0.821. The molecule has 0 spiro atoms. The number of hydrogen-bond acceptors (Lipinski definition) is 2. The molecule has 88 valence electrons. The lowest BCUT2D eigenvalue weighted by atomic mass is 10.1. The van der Waals surface area contributed by atoms with Gasteiger partial charge in [-0.15, -0.1) is 0 Å². The second-order valence-electron chi connectivity index (χ2n) is 4.09. The number of aromatic amines is 1. The van der Waals surface area contributed by atoms with Crippen LogP contribution in [0.15, 0.2) is 23.0 Å². The fourth-order valence-electron chi connectivity index (χ4n) is 1.72. The molecule has 0 saturated carbocycles. The molecule has 2 aromatic rings. The van der Waals surface area contributed by atoms with E-state index in [2.05, 4.69) is 9.97 Å². The fourth-order valence-corrected chi connectivity index (χ4v) is 1.72. The van der Waals surface area contributed by atoms with Crippen molar-refractivity contribution in [2.45, 2.75) is 20.8 Å². The second kappa shape index (κ2) is 4.13. The summed E-state index contributed by atoms with van der Waals surface area (Å²) in [5.74, 6) is 0.297. The van der Waals surface area contributed by atoms with Gasteiger partial charge in [0, 0.05) is 11.1 Å². The lowest BCUT2D eigenvalue weighted by Crippen LogP contribution is -2.14. The van der Waals surface area contributed by atoms with Crippen LogP contribution in [-0.2, 0) is 0 Å². The zero-order valence-electron chi connectivity index (χ0n) is 9.97. The Morgan fingerprint density at radius 1 is 1.24 bits per heavy atom. The molecule has 0 fully saturated rings. The van der Waals surface area contributed by atoms with E-state index in [4.69, 9.17) is 0 Å². The molecule has 0 aliphatic carbocycles. The Bertz CT molecular complexity index is 632. The third-order valence-corrected chi connectivity index (χ3v) is 2.70. The lowest BCUT2D eigenvalue weighted by Gasteiger charge is -2.07. The van der Waals surface area contributed by atoms with Gasteiger partial charge in [-0.3, -0.25) is 4.79 Å². The number of nitrogens with one attached hydrogen (secondary N) is 1. The first-order valence-electron chi connectivity index (χ1n) is 5.33. The molecule has 4 heteroatoms. The highest BCUT2D eigenvalue weighted by Gasteiger charge is 2.09. The summed E-state index contributed by atoms with van der Waals surface area (Å²) in [7, 11) is 0. The van der Waals surface area contributed by atoms with E-state index in [0.717, 1.165) is 5.56 Å². The van der Waals surface area contributed by atoms with Crippen LogP contribution in [0.5, 0.6) is 0 Å². The molecular weight excluding hydrogens is 219 g/mol. The van der Waals surface area contributed by atoms with Crippen LogP contribution in [0.3, 0.4) is 0 Å². The molecular formula is C13H13FN2O. The Kier molecular flexibility index (Phi) is 2.79. The summed E-state index contributed by atoms with van der Waals surface area (Å²) in [5, 5.41) is 0. The van der Waals surface area contributed by atoms with Gasteiger partial charge in [0.25, 0.3) is 5.56 Å². The molecule has 0 bridgehead atoms. The van der Waals surface area contributed by atoms with Crippen LogP contribution >= 0.6 is 0 Å². The van der Waals surface area contributed by atoms with Gasteiger partial charge in [-0.2, -0.15) is 0 Å². The van der Waals surface area contributed by atoms with Crippen LogP contribution in [0, 0.1) is 26.6 Å². The van der Waals surface area contributed by atoms with E-state index >= 15 is 0 Å². The maximum atomic E-state index is 13.2. The number of aryl methyl sites for hydroxylation is 2. The standard InChI is InChI=1S/C13H13FN2O/c1-7-6-10(4-5-11(7)14)12-8(2)13(17)16-9(3)15-12/h4-6H,1-3H3,(H,15,16,17). The van der Waals surface area contributed by atoms with Gasteiger partial charge >= 0.3 is 0 Å². The van der Waals surface area contributed by atoms with E-state index < -0.39 is 0 Å². The van der Waals surface area contributed by atoms with Crippen LogP contribution in [0.4, 0.5) is 4.39 Å². The average Bonchev–Trinajstić information content (AvgIpc) is 2.27. The summed E-state index contributed by atoms with van der Waals surface area (Å²) in [6, 6.07) is 4.72. The minimum atomic E-state index is -0.257. The van der Waals surface area contributed by atoms with Crippen molar-refractivity contribution in [3.8, 4) is 11.3 Å². The molecule has 3 nitrogen and oxygen atoms in total. The van der Waals surface area contributed by atoms with Gasteiger partial charge in [-0.25, -0.2) is 9.37 Å². The Labute approximate surface area is 98.3 Å². The predicted molar refractivity (Wildman–Crippen MR) is 64.5 cm³/mol. The number of rotatable bonds is 1. The summed E-state index contributed by atoms with van der Waals surface area (Å²) in [4.78, 5) is 18.5. The number of aromatic nitrogens is 2. The van der Waals surface area contributed by atoms with Crippen molar-refractivity contribution >= 4 is 0 Å². The second-order valence-corrected chi connectivity index (χ2v) is 4.09. The number of halogens is 1. The molecule has 1 aromatic heterocycles. The predicted octanol–water partition coefficient (Wildman–Crippen LogP) is 2.50. The number of nitrogens with zero attached hydrogens (tertiary/aromatic N) is 1. The van der Waals surface area contributed by atoms with Crippen molar-refractivity contribution in [3.05, 3.63) is 51.3 Å². The maximum Gasteiger partial charge on any atom is 0.254 e. The Morgan fingerprint density at radius 3 is 2.59 bits per heavy atom. The van der Waals surface area contributed by atoms with Gasteiger partial charge in [0.05, 0.1) is 5.69 Å². The molecule has 1 N–H and O–H groups in total. The molecule has 1 heterocycles. The summed E-state index contributed by atoms with van der Waals surface area (Å²) in [6.07, 6.45) is 0. The van der Waals surface area contributed by atoms with Crippen LogP contribution < -0.4 is 5.56 Å². The highest BCUT2D eigenvalue weighted by atomic mass is 19.1. The van der Waals surface area contributed by atoms with Gasteiger partial charge in [0.1, 0.15) is 11.6 Å². The summed E-state index contributed by atoms with van der Waals surface area (Å²) >= 11 is 0. The SMILES string of the molecule is Cc1nc(-c2ccc(F)c(C)c2)c(C)c(=O)[nH]1. The smallest absolute Gasteiger partial charge is 0.254 e. The van der Waals surface area contributed by atoms with E-state index in [-0.39, 0.29) is 11.4 Å². The van der Waals surface area contributed by atoms with Gasteiger partial charge in [0.15, 0.2) is 0 Å². The van der Waals surface area contributed by atoms with Gasteiger partial charge < -0.3 is 4.98 Å². The van der Waals surface area contributed by atoms with Crippen molar-refractivity contribution in [1.82, 2.24) is 9.97 Å². The number of benzene rings is 1. The molecule has 1 aromatic carbocycles. The summed E-state index contributed by atoms with van der Waals surface area (Å²) in [6.45, 7) is 5.12. The van der Waals surface area contributed by atoms with Crippen LogP contribution in [0.25, 0.3) is 11.3 Å². The van der Waals surface area contributed by atoms with Crippen molar-refractivity contribution in [1.29, 1.82) is 0 Å². The van der Waals surface area contributed by atoms with Gasteiger partial charge in [-0.1, -0.05) is 0 Å². The van der Waals surface area contributed by atoms with E-state index in [1.807, 2.05) is 0 Å². The van der Waals surface area contributed by atoms with Crippen molar-refractivity contribution in [2.24, 2.45) is 0 Å². The molecule has 0 unspecified atom stereocenters. The van der Waals surface area contributed by atoms with E-state index in [9.17, 15) is 9.18 Å². The molecule has 0 aliphatic rings. The van der Waals surface area contributed by atoms with Gasteiger partial charge in [-0.05, 0) is 44.5 Å². The zero-order valence-corrected chi connectivity index (χ0v) is 9.97. The largest absolute Gasteiger partial charge is 0.311 e. The third-order valence-electron chi connectivity index (χ3n) is 2.70. The minimum Gasteiger partial charge on any atom is -0.311 e. The Morgan fingerprint density at radius 2 is 1.94 bits per heavy atom. The molecule has 0 amide bonds. The highest BCUT2D eigenvalue weighted by molar-refractivity contribution is 5.63. The van der Waals surface area contributed by atoms with Crippen LogP contribution in [0.1, 0.15) is 17.0 Å². The summed E-state index contributed by atoms with van der Waals surface area (Å²) in [5.41, 5.74) is 2.29. The number of hydrogen-bond donors (Lipinski definition) is 1. The first-order chi connectivity index (χ1) is 7.99. The first-order valence-corrected chi connectivity index (χ1v) is 5.33. The third kappa shape index (κ3) is 2.11. The molecule has 2 rings (SSSR count). The minimum absolute atomic E-state index is 0.158. The van der Waals surface area contributed by atoms with E-state index in [1.54, 1.807) is 32.9 Å². The Balaban J connectivity index is 2.68. The molecule has 0 radical (unpaired) electrons. The fraction of sp³-hybridized carbons (Fsp3) is 0.231. The Hall–Kier alpha value is -1.97. The molecule has 0 aliphatic heterocycles. The van der Waals surface area contributed by atoms with Crippen LogP contribution in [-0.4, -0.2) is 9.97 Å². The molecule has 0 saturated heterocycles. The average molecular weight is 232 g/mol. The maximum absolute atomic E-state index is 13.2. The highest BCUT2D eigenvalue weighted by Crippen LogP contribution is 2.21. The van der Waals surface area contributed by atoms with Crippen molar-refractivity contribution in [2.75, 3.05) is 0 Å². The number of H-pyrrole nitrogens is 1. The zero-order chi connectivity index (χ0) is 12.6. The topological polar surface area (TPSA) is 45.8 Å². The van der Waals surface area contributed by atoms with Crippen LogP contribution in [0.2, 0.25) is 0 Å². The molecule has 17 heavy (non-hydrogen) atoms. The van der Waals surface area contributed by atoms with E-state index in [0.29, 0.717) is 22.6 Å². The van der Waals surface area contributed by atoms with Crippen molar-refractivity contribution in [3.63, 3.8) is 0 Å².